The third-order valence-corrected chi connectivity index (χ3v) is 4.19. The van der Waals surface area contributed by atoms with Gasteiger partial charge in [-0.25, -0.2) is 0 Å². The Morgan fingerprint density at radius 3 is 1.77 bits per heavy atom. The Labute approximate surface area is 162 Å². The van der Waals surface area contributed by atoms with Crippen LogP contribution in [0.1, 0.15) is 32.6 Å². The van der Waals surface area contributed by atoms with Crippen molar-refractivity contribution in [2.45, 2.75) is 38.2 Å². The van der Waals surface area contributed by atoms with Crippen molar-refractivity contribution >= 4 is 4.57 Å². The maximum atomic E-state index is 7.50. The summed E-state index contributed by atoms with van der Waals surface area (Å²) in [6.07, 6.45) is 7.06. The van der Waals surface area contributed by atoms with Gasteiger partial charge >= 0.3 is 162 Å². The van der Waals surface area contributed by atoms with Crippen molar-refractivity contribution < 1.29 is 48.6 Å². The van der Waals surface area contributed by atoms with E-state index in [1.54, 1.807) is 14.2 Å². The quantitative estimate of drug-likeness (QED) is 0.534. The monoisotopic (exact) mass is 398 g/mol. The topological polar surface area (TPSA) is 118 Å². The summed E-state index contributed by atoms with van der Waals surface area (Å²) in [5.41, 5.74) is 3.97. The second-order valence-corrected chi connectivity index (χ2v) is 5.16. The molecule has 138 valence electrons. The molecular formula is C18H18CrO7. The molecule has 0 saturated heterocycles. The molecule has 2 aliphatic carbocycles. The van der Waals surface area contributed by atoms with Gasteiger partial charge in [0.2, 0.25) is 0 Å². The predicted octanol–water partition coefficient (Wildman–Crippen LogP) is 2.34. The summed E-state index contributed by atoms with van der Waals surface area (Å²) in [6.45, 7) is 24.6. The van der Waals surface area contributed by atoms with E-state index in [9.17, 15) is 0 Å². The average Bonchev–Trinajstić information content (AvgIpc) is 3.27. The molecule has 0 fully saturated rings. The van der Waals surface area contributed by atoms with E-state index in [1.165, 1.54) is 36.0 Å². The molecule has 0 aromatic rings. The van der Waals surface area contributed by atoms with Crippen molar-refractivity contribution in [1.82, 2.24) is 0 Å². The normalized spacial score (nSPS) is 18.3. The van der Waals surface area contributed by atoms with Gasteiger partial charge in [-0.15, -0.1) is 0 Å². The zero-order chi connectivity index (χ0) is 21.8. The summed E-state index contributed by atoms with van der Waals surface area (Å²) in [7, 11) is 3.47. The molecule has 0 aromatic carbocycles. The van der Waals surface area contributed by atoms with Crippen LogP contribution in [-0.2, 0) is 48.6 Å². The Morgan fingerprint density at radius 1 is 1.00 bits per heavy atom. The van der Waals surface area contributed by atoms with Crippen LogP contribution in [0.4, 0.5) is 0 Å². The number of hydrogen-bond acceptors (Lipinski definition) is 2. The SMILES string of the molecule is CO[C](=[Cr])C1=C(C2=CCCC2)CC1(C)OC.[C-]#[O+].[C-]#[O+].[C-]#[O+].[C-]#[O+].[C-]#[O+]. The number of hydrogen-bond donors (Lipinski definition) is 0. The van der Waals surface area contributed by atoms with Gasteiger partial charge in [0, 0.05) is 0 Å². The molecule has 0 saturated carbocycles. The van der Waals surface area contributed by atoms with Crippen molar-refractivity contribution in [2.24, 2.45) is 0 Å². The Morgan fingerprint density at radius 2 is 1.46 bits per heavy atom. The molecule has 0 spiro atoms. The maximum absolute atomic E-state index is 7.50. The molecule has 0 N–H and O–H groups in total. The van der Waals surface area contributed by atoms with Crippen LogP contribution in [0.2, 0.25) is 0 Å². The van der Waals surface area contributed by atoms with E-state index in [0.29, 0.717) is 0 Å². The standard InChI is InChI=1S/C13H18O2.5CO.Cr/c1-13(15-3)8-11(12(13)9-14-2)10-6-4-5-7-10;5*1-2;/h6H,4-5,7-8H2,1-3H3;;;;;;. The first-order valence-electron chi connectivity index (χ1n) is 6.71. The van der Waals surface area contributed by atoms with E-state index in [-0.39, 0.29) is 5.60 Å². The van der Waals surface area contributed by atoms with Gasteiger partial charge in [-0.2, -0.15) is 0 Å². The van der Waals surface area contributed by atoms with E-state index >= 15 is 0 Å². The van der Waals surface area contributed by atoms with Crippen molar-refractivity contribution in [3.05, 3.63) is 56.0 Å². The minimum absolute atomic E-state index is 0.171. The summed E-state index contributed by atoms with van der Waals surface area (Å²) >= 11 is 3.00. The fraction of sp³-hybridized carbons (Fsp3) is 0.444. The molecule has 0 aliphatic heterocycles. The van der Waals surface area contributed by atoms with Gasteiger partial charge in [0.25, 0.3) is 0 Å². The van der Waals surface area contributed by atoms with Crippen LogP contribution in [0.25, 0.3) is 0 Å². The van der Waals surface area contributed by atoms with Crippen LogP contribution >= 0.6 is 0 Å². The number of rotatable bonds is 4. The van der Waals surface area contributed by atoms with Crippen LogP contribution in [0.15, 0.2) is 22.8 Å². The van der Waals surface area contributed by atoms with Gasteiger partial charge in [-0.1, -0.05) is 0 Å². The van der Waals surface area contributed by atoms with Crippen LogP contribution in [0.3, 0.4) is 0 Å². The van der Waals surface area contributed by atoms with Gasteiger partial charge < -0.3 is 0 Å². The van der Waals surface area contributed by atoms with Crippen LogP contribution in [0, 0.1) is 33.3 Å². The first-order valence-corrected chi connectivity index (χ1v) is 7.34. The van der Waals surface area contributed by atoms with Gasteiger partial charge in [0.15, 0.2) is 0 Å². The Hall–Kier alpha value is -1.50. The molecule has 26 heavy (non-hydrogen) atoms. The molecule has 2 rings (SSSR count). The number of ether oxygens (including phenoxy) is 2. The van der Waals surface area contributed by atoms with E-state index in [2.05, 4.69) is 62.1 Å². The molecule has 7 nitrogen and oxygen atoms in total. The molecular weight excluding hydrogens is 380 g/mol. The minimum atomic E-state index is -0.171. The van der Waals surface area contributed by atoms with Gasteiger partial charge in [-0.3, -0.25) is 0 Å². The molecule has 0 bridgehead atoms. The predicted molar refractivity (Wildman–Crippen MR) is 80.7 cm³/mol. The molecule has 2 aliphatic rings. The Balaban J connectivity index is -0.000000210. The van der Waals surface area contributed by atoms with Crippen molar-refractivity contribution in [3.63, 3.8) is 0 Å². The summed E-state index contributed by atoms with van der Waals surface area (Å²) in [5.74, 6) is 0. The van der Waals surface area contributed by atoms with E-state index in [1.807, 2.05) is 0 Å². The van der Waals surface area contributed by atoms with Gasteiger partial charge in [-0.05, 0) is 0 Å². The fourth-order valence-electron chi connectivity index (χ4n) is 2.56. The van der Waals surface area contributed by atoms with Crippen LogP contribution in [-0.4, -0.2) is 24.4 Å². The average molecular weight is 398 g/mol. The molecule has 1 unspecified atom stereocenters. The second kappa shape index (κ2) is 21.5. The fourth-order valence-corrected chi connectivity index (χ4v) is 3.09. The van der Waals surface area contributed by atoms with Crippen molar-refractivity contribution in [3.8, 4) is 0 Å². The summed E-state index contributed by atoms with van der Waals surface area (Å²) in [4.78, 5) is 0. The molecule has 0 aromatic heterocycles. The third-order valence-electron chi connectivity index (χ3n) is 3.61. The zero-order valence-electron chi connectivity index (χ0n) is 14.7. The van der Waals surface area contributed by atoms with E-state index in [0.717, 1.165) is 11.0 Å². The first kappa shape index (κ1) is 32.2. The van der Waals surface area contributed by atoms with Crippen molar-refractivity contribution in [1.29, 1.82) is 0 Å². The Bertz CT molecular complexity index is 544. The van der Waals surface area contributed by atoms with Crippen LogP contribution < -0.4 is 0 Å². The molecule has 1 atom stereocenters. The molecule has 8 heteroatoms. The number of allylic oxidation sites excluding steroid dienone is 2. The summed E-state index contributed by atoms with van der Waals surface area (Å²) in [5, 5.41) is 0. The third kappa shape index (κ3) is 9.27. The molecule has 0 radical (unpaired) electrons. The van der Waals surface area contributed by atoms with Crippen LogP contribution in [0.5, 0.6) is 0 Å². The molecule has 0 amide bonds. The summed E-state index contributed by atoms with van der Waals surface area (Å²) in [6, 6.07) is 0. The summed E-state index contributed by atoms with van der Waals surface area (Å²) < 4.78 is 49.3. The first-order chi connectivity index (χ1) is 12.6. The van der Waals surface area contributed by atoms with Gasteiger partial charge in [0.1, 0.15) is 0 Å². The number of methoxy groups -OCH3 is 2. The van der Waals surface area contributed by atoms with Crippen molar-refractivity contribution in [2.75, 3.05) is 14.2 Å². The second-order valence-electron chi connectivity index (χ2n) is 4.58. The molecule has 0 heterocycles. The van der Waals surface area contributed by atoms with E-state index < -0.39 is 0 Å². The zero-order valence-corrected chi connectivity index (χ0v) is 15.9. The van der Waals surface area contributed by atoms with Gasteiger partial charge in [0.05, 0.1) is 0 Å². The Kier molecular flexibility index (Phi) is 26.7. The van der Waals surface area contributed by atoms with E-state index in [4.69, 9.17) is 32.7 Å².